The summed E-state index contributed by atoms with van der Waals surface area (Å²) in [5.74, 6) is 0.735. The second-order valence-electron chi connectivity index (χ2n) is 3.96. The van der Waals surface area contributed by atoms with Gasteiger partial charge in [-0.3, -0.25) is 4.98 Å². The summed E-state index contributed by atoms with van der Waals surface area (Å²) in [6, 6.07) is 9.68. The molecule has 6 heteroatoms. The molecule has 0 aliphatic rings. The molecule has 3 rings (SSSR count). The number of anilines is 3. The minimum absolute atomic E-state index is 0.252. The van der Waals surface area contributed by atoms with Crippen molar-refractivity contribution in [1.29, 1.82) is 0 Å². The normalized spacial score (nSPS) is 10.6. The van der Waals surface area contributed by atoms with Crippen molar-refractivity contribution in [2.75, 3.05) is 11.1 Å². The van der Waals surface area contributed by atoms with Gasteiger partial charge in [0.15, 0.2) is 5.82 Å². The van der Waals surface area contributed by atoms with Crippen molar-refractivity contribution in [2.24, 2.45) is 0 Å². The van der Waals surface area contributed by atoms with Gasteiger partial charge < -0.3 is 11.1 Å². The molecule has 0 spiro atoms. The predicted octanol–water partition coefficient (Wildman–Crippen LogP) is 3.00. The van der Waals surface area contributed by atoms with Crippen molar-refractivity contribution >= 4 is 39.8 Å². The number of fused-ring (bicyclic) bond motifs is 1. The van der Waals surface area contributed by atoms with Gasteiger partial charge in [-0.15, -0.1) is 0 Å². The first-order chi connectivity index (χ1) is 9.24. The average molecular weight is 272 g/mol. The van der Waals surface area contributed by atoms with Crippen molar-refractivity contribution in [3.05, 3.63) is 47.9 Å². The van der Waals surface area contributed by atoms with Gasteiger partial charge in [0.1, 0.15) is 17.2 Å². The molecule has 0 bridgehead atoms. The largest absolute Gasteiger partial charge is 0.382 e. The molecule has 19 heavy (non-hydrogen) atoms. The highest BCUT2D eigenvalue weighted by Gasteiger charge is 2.06. The number of nitrogens with zero attached hydrogens (tertiary/aromatic N) is 3. The quantitative estimate of drug-likeness (QED) is 0.749. The number of hydrogen-bond acceptors (Lipinski definition) is 5. The van der Waals surface area contributed by atoms with E-state index in [0.717, 1.165) is 16.6 Å². The number of rotatable bonds is 2. The highest BCUT2D eigenvalue weighted by molar-refractivity contribution is 6.35. The van der Waals surface area contributed by atoms with Gasteiger partial charge in [-0.1, -0.05) is 17.7 Å². The molecule has 2 heterocycles. The minimum atomic E-state index is 0.252. The zero-order chi connectivity index (χ0) is 13.2. The first-order valence-electron chi connectivity index (χ1n) is 5.62. The fourth-order valence-corrected chi connectivity index (χ4v) is 1.91. The van der Waals surface area contributed by atoms with E-state index in [-0.39, 0.29) is 5.82 Å². The molecule has 3 N–H and O–H groups in total. The fourth-order valence-electron chi connectivity index (χ4n) is 1.76. The van der Waals surface area contributed by atoms with Crippen molar-refractivity contribution in [1.82, 2.24) is 15.0 Å². The lowest BCUT2D eigenvalue weighted by Gasteiger charge is -2.08. The maximum absolute atomic E-state index is 6.04. The van der Waals surface area contributed by atoms with Crippen LogP contribution in [0.4, 0.5) is 17.3 Å². The smallest absolute Gasteiger partial charge is 0.154 e. The van der Waals surface area contributed by atoms with Crippen LogP contribution in [-0.2, 0) is 0 Å². The Morgan fingerprint density at radius 3 is 2.89 bits per heavy atom. The molecule has 5 nitrogen and oxygen atoms in total. The van der Waals surface area contributed by atoms with E-state index in [1.807, 2.05) is 30.3 Å². The zero-order valence-corrected chi connectivity index (χ0v) is 10.6. The molecule has 0 amide bonds. The maximum Gasteiger partial charge on any atom is 0.154 e. The third kappa shape index (κ3) is 2.28. The topological polar surface area (TPSA) is 76.7 Å². The van der Waals surface area contributed by atoms with E-state index in [1.54, 1.807) is 6.20 Å². The van der Waals surface area contributed by atoms with Crippen LogP contribution in [0, 0.1) is 0 Å². The lowest BCUT2D eigenvalue weighted by atomic mass is 10.2. The molecule has 0 radical (unpaired) electrons. The molecule has 3 aromatic rings. The number of halogens is 1. The van der Waals surface area contributed by atoms with Gasteiger partial charge in [-0.2, -0.15) is 0 Å². The summed E-state index contributed by atoms with van der Waals surface area (Å²) in [5.41, 5.74) is 7.43. The van der Waals surface area contributed by atoms with Gasteiger partial charge in [0.25, 0.3) is 0 Å². The maximum atomic E-state index is 6.04. The third-order valence-corrected chi connectivity index (χ3v) is 3.05. The number of benzene rings is 1. The summed E-state index contributed by atoms with van der Waals surface area (Å²) >= 11 is 6.04. The van der Waals surface area contributed by atoms with Crippen LogP contribution in [0.15, 0.2) is 42.9 Å². The fraction of sp³-hybridized carbons (Fsp3) is 0. The van der Waals surface area contributed by atoms with Gasteiger partial charge in [0.2, 0.25) is 0 Å². The average Bonchev–Trinajstić information content (AvgIpc) is 2.44. The van der Waals surface area contributed by atoms with E-state index in [2.05, 4.69) is 20.3 Å². The highest BCUT2D eigenvalue weighted by Crippen LogP contribution is 2.27. The highest BCUT2D eigenvalue weighted by atomic mass is 35.5. The number of nitrogens with two attached hydrogens (primary N) is 1. The minimum Gasteiger partial charge on any atom is -0.382 e. The van der Waals surface area contributed by atoms with Crippen molar-refractivity contribution in [3.63, 3.8) is 0 Å². The van der Waals surface area contributed by atoms with Crippen LogP contribution >= 0.6 is 11.6 Å². The van der Waals surface area contributed by atoms with E-state index in [1.165, 1.54) is 6.33 Å². The SMILES string of the molecule is Nc1ncnc(Nc2ccc3ncccc3c2)c1Cl. The standard InChI is InChI=1S/C13H10ClN5/c14-11-12(15)17-7-18-13(11)19-9-3-4-10-8(6-9)2-1-5-16-10/h1-7H,(H3,15,17,18,19). The summed E-state index contributed by atoms with van der Waals surface area (Å²) in [5, 5.41) is 4.46. The van der Waals surface area contributed by atoms with E-state index in [0.29, 0.717) is 10.8 Å². The third-order valence-electron chi connectivity index (χ3n) is 2.68. The molecule has 0 fully saturated rings. The molecular weight excluding hydrogens is 262 g/mol. The van der Waals surface area contributed by atoms with Crippen molar-refractivity contribution < 1.29 is 0 Å². The molecule has 0 saturated carbocycles. The zero-order valence-electron chi connectivity index (χ0n) is 9.84. The first-order valence-corrected chi connectivity index (χ1v) is 5.99. The van der Waals surface area contributed by atoms with Crippen LogP contribution in [0.25, 0.3) is 10.9 Å². The van der Waals surface area contributed by atoms with Gasteiger partial charge >= 0.3 is 0 Å². The Bertz CT molecular complexity index is 744. The monoisotopic (exact) mass is 271 g/mol. The van der Waals surface area contributed by atoms with E-state index < -0.39 is 0 Å². The van der Waals surface area contributed by atoms with Crippen LogP contribution in [0.5, 0.6) is 0 Å². The van der Waals surface area contributed by atoms with Crippen LogP contribution in [0.1, 0.15) is 0 Å². The number of nitrogen functional groups attached to an aromatic ring is 1. The molecular formula is C13H10ClN5. The Morgan fingerprint density at radius 2 is 2.00 bits per heavy atom. The molecule has 0 aliphatic heterocycles. The molecule has 2 aromatic heterocycles. The molecule has 0 aliphatic carbocycles. The van der Waals surface area contributed by atoms with Gasteiger partial charge in [0, 0.05) is 17.3 Å². The summed E-state index contributed by atoms with van der Waals surface area (Å²) in [6.45, 7) is 0. The summed E-state index contributed by atoms with van der Waals surface area (Å²) in [6.07, 6.45) is 3.13. The molecule has 0 atom stereocenters. The number of hydrogen-bond donors (Lipinski definition) is 2. The van der Waals surface area contributed by atoms with Crippen LogP contribution in [0.2, 0.25) is 5.02 Å². The van der Waals surface area contributed by atoms with E-state index in [9.17, 15) is 0 Å². The van der Waals surface area contributed by atoms with Crippen LogP contribution in [0.3, 0.4) is 0 Å². The Labute approximate surface area is 114 Å². The van der Waals surface area contributed by atoms with Gasteiger partial charge in [0.05, 0.1) is 5.52 Å². The lowest BCUT2D eigenvalue weighted by molar-refractivity contribution is 1.18. The number of pyridine rings is 1. The Balaban J connectivity index is 1.99. The van der Waals surface area contributed by atoms with Gasteiger partial charge in [-0.05, 0) is 24.3 Å². The number of nitrogens with one attached hydrogen (secondary N) is 1. The lowest BCUT2D eigenvalue weighted by Crippen LogP contribution is -1.99. The van der Waals surface area contributed by atoms with Crippen LogP contribution < -0.4 is 11.1 Å². The second kappa shape index (κ2) is 4.70. The van der Waals surface area contributed by atoms with Crippen molar-refractivity contribution in [3.8, 4) is 0 Å². The Hall–Kier alpha value is -2.40. The predicted molar refractivity (Wildman–Crippen MR) is 76.5 cm³/mol. The second-order valence-corrected chi connectivity index (χ2v) is 4.34. The molecule has 1 aromatic carbocycles. The molecule has 94 valence electrons. The summed E-state index contributed by atoms with van der Waals surface area (Å²) in [7, 11) is 0. The number of aromatic nitrogens is 3. The van der Waals surface area contributed by atoms with E-state index in [4.69, 9.17) is 17.3 Å². The van der Waals surface area contributed by atoms with Crippen LogP contribution in [-0.4, -0.2) is 15.0 Å². The van der Waals surface area contributed by atoms with Crippen molar-refractivity contribution in [2.45, 2.75) is 0 Å². The molecule has 0 unspecified atom stereocenters. The van der Waals surface area contributed by atoms with Gasteiger partial charge in [-0.25, -0.2) is 9.97 Å². The Morgan fingerprint density at radius 1 is 1.11 bits per heavy atom. The van der Waals surface area contributed by atoms with E-state index >= 15 is 0 Å². The summed E-state index contributed by atoms with van der Waals surface area (Å²) < 4.78 is 0. The first kappa shape index (κ1) is 11.7. The Kier molecular flexibility index (Phi) is 2.89. The molecule has 0 saturated heterocycles. The summed E-state index contributed by atoms with van der Waals surface area (Å²) in [4.78, 5) is 12.1.